The Hall–Kier alpha value is -1.01. The van der Waals surface area contributed by atoms with E-state index < -0.39 is 5.54 Å². The highest BCUT2D eigenvalue weighted by atomic mass is 16.2. The third-order valence-corrected chi connectivity index (χ3v) is 2.63. The summed E-state index contributed by atoms with van der Waals surface area (Å²) in [5, 5.41) is 2.81. The maximum Gasteiger partial charge on any atom is 0.240 e. The molecular weight excluding hydrogens is 176 g/mol. The van der Waals surface area contributed by atoms with Gasteiger partial charge in [0.1, 0.15) is 0 Å². The summed E-state index contributed by atoms with van der Waals surface area (Å²) in [5.74, 6) is 6.01. The van der Waals surface area contributed by atoms with Crippen LogP contribution in [0.1, 0.15) is 33.1 Å². The van der Waals surface area contributed by atoms with Crippen LogP contribution in [0.25, 0.3) is 0 Å². The van der Waals surface area contributed by atoms with Crippen molar-refractivity contribution < 1.29 is 4.79 Å². The fraction of sp³-hybridized carbons (Fsp3) is 0.727. The van der Waals surface area contributed by atoms with Crippen molar-refractivity contribution >= 4 is 5.91 Å². The van der Waals surface area contributed by atoms with E-state index in [2.05, 4.69) is 17.2 Å². The van der Waals surface area contributed by atoms with Gasteiger partial charge in [-0.15, -0.1) is 11.8 Å². The molecule has 1 unspecified atom stereocenters. The number of amides is 1. The molecule has 0 aliphatic heterocycles. The molecule has 1 atom stereocenters. The minimum atomic E-state index is -0.681. The van der Waals surface area contributed by atoms with Crippen molar-refractivity contribution in [3.63, 3.8) is 0 Å². The van der Waals surface area contributed by atoms with E-state index in [0.717, 1.165) is 12.8 Å². The lowest BCUT2D eigenvalue weighted by molar-refractivity contribution is -0.126. The van der Waals surface area contributed by atoms with E-state index in [9.17, 15) is 4.79 Å². The Balaban J connectivity index is 2.28. The molecule has 0 radical (unpaired) electrons. The second-order valence-corrected chi connectivity index (χ2v) is 3.99. The lowest BCUT2D eigenvalue weighted by atomic mass is 9.96. The van der Waals surface area contributed by atoms with Gasteiger partial charge in [-0.05, 0) is 32.6 Å². The van der Waals surface area contributed by atoms with Crippen LogP contribution in [0, 0.1) is 17.8 Å². The number of nitrogens with two attached hydrogens (primary N) is 1. The zero-order valence-electron chi connectivity index (χ0n) is 8.89. The molecule has 0 spiro atoms. The Kier molecular flexibility index (Phi) is 3.54. The van der Waals surface area contributed by atoms with E-state index in [4.69, 9.17) is 5.73 Å². The summed E-state index contributed by atoms with van der Waals surface area (Å²) in [6.45, 7) is 4.20. The predicted molar refractivity (Wildman–Crippen MR) is 56.4 cm³/mol. The molecule has 1 amide bonds. The third-order valence-electron chi connectivity index (χ3n) is 2.63. The van der Waals surface area contributed by atoms with Gasteiger partial charge < -0.3 is 11.1 Å². The third kappa shape index (κ3) is 2.74. The quantitative estimate of drug-likeness (QED) is 0.510. The van der Waals surface area contributed by atoms with Gasteiger partial charge in [-0.2, -0.15) is 0 Å². The fourth-order valence-corrected chi connectivity index (χ4v) is 1.42. The summed E-state index contributed by atoms with van der Waals surface area (Å²) in [6, 6.07) is 0. The number of hydrogen-bond donors (Lipinski definition) is 2. The Morgan fingerprint density at radius 3 is 2.79 bits per heavy atom. The van der Waals surface area contributed by atoms with Gasteiger partial charge in [0.2, 0.25) is 5.91 Å². The van der Waals surface area contributed by atoms with E-state index in [-0.39, 0.29) is 5.91 Å². The highest BCUT2D eigenvalue weighted by Gasteiger charge is 2.43. The van der Waals surface area contributed by atoms with Crippen molar-refractivity contribution in [3.8, 4) is 11.8 Å². The zero-order valence-corrected chi connectivity index (χ0v) is 8.89. The van der Waals surface area contributed by atoms with Crippen molar-refractivity contribution in [2.45, 2.75) is 38.6 Å². The zero-order chi connectivity index (χ0) is 10.6. The van der Waals surface area contributed by atoms with Gasteiger partial charge in [0.25, 0.3) is 0 Å². The lowest BCUT2D eigenvalue weighted by Crippen LogP contribution is -2.53. The minimum absolute atomic E-state index is 0.0436. The summed E-state index contributed by atoms with van der Waals surface area (Å²) in [5.41, 5.74) is 5.25. The van der Waals surface area contributed by atoms with Crippen molar-refractivity contribution in [3.05, 3.63) is 0 Å². The van der Waals surface area contributed by atoms with E-state index in [1.807, 2.05) is 6.92 Å². The molecule has 3 N–H and O–H groups in total. The van der Waals surface area contributed by atoms with Crippen molar-refractivity contribution in [1.82, 2.24) is 5.32 Å². The number of carbonyl (C=O) groups excluding carboxylic acids is 1. The van der Waals surface area contributed by atoms with Crippen LogP contribution in [0.5, 0.6) is 0 Å². The number of rotatable bonds is 4. The van der Waals surface area contributed by atoms with Gasteiger partial charge >= 0.3 is 0 Å². The average molecular weight is 194 g/mol. The van der Waals surface area contributed by atoms with Crippen LogP contribution in [0.15, 0.2) is 0 Å². The topological polar surface area (TPSA) is 55.1 Å². The summed E-state index contributed by atoms with van der Waals surface area (Å²) >= 11 is 0. The molecule has 0 heterocycles. The molecule has 0 saturated heterocycles. The van der Waals surface area contributed by atoms with Crippen LogP contribution in [-0.2, 0) is 4.79 Å². The fourth-order valence-electron chi connectivity index (χ4n) is 1.42. The molecular formula is C11H18N2O. The standard InChI is InChI=1S/C11H18N2O/c1-3-4-5-8-13-10(14)11(2,12)9-6-7-9/h9H,5-8,12H2,1-2H3,(H,13,14). The molecule has 1 fully saturated rings. The van der Waals surface area contributed by atoms with Gasteiger partial charge in [0.05, 0.1) is 5.54 Å². The molecule has 3 heteroatoms. The SMILES string of the molecule is CC#CCCNC(=O)C(C)(N)C1CC1. The molecule has 1 saturated carbocycles. The second kappa shape index (κ2) is 4.47. The van der Waals surface area contributed by atoms with E-state index in [1.165, 1.54) is 0 Å². The molecule has 1 rings (SSSR count). The minimum Gasteiger partial charge on any atom is -0.354 e. The molecule has 0 bridgehead atoms. The molecule has 14 heavy (non-hydrogen) atoms. The highest BCUT2D eigenvalue weighted by molar-refractivity contribution is 5.86. The van der Waals surface area contributed by atoms with Crippen LogP contribution in [-0.4, -0.2) is 18.0 Å². The molecule has 0 aromatic carbocycles. The van der Waals surface area contributed by atoms with E-state index >= 15 is 0 Å². The molecule has 1 aliphatic carbocycles. The number of nitrogens with one attached hydrogen (secondary N) is 1. The van der Waals surface area contributed by atoms with Crippen molar-refractivity contribution in [1.29, 1.82) is 0 Å². The van der Waals surface area contributed by atoms with Gasteiger partial charge in [-0.1, -0.05) is 0 Å². The van der Waals surface area contributed by atoms with Crippen LogP contribution in [0.2, 0.25) is 0 Å². The maximum atomic E-state index is 11.6. The largest absolute Gasteiger partial charge is 0.354 e. The van der Waals surface area contributed by atoms with Gasteiger partial charge in [-0.3, -0.25) is 4.79 Å². The van der Waals surface area contributed by atoms with Crippen molar-refractivity contribution in [2.75, 3.05) is 6.54 Å². The summed E-state index contributed by atoms with van der Waals surface area (Å²) in [4.78, 5) is 11.6. The van der Waals surface area contributed by atoms with Crippen LogP contribution < -0.4 is 11.1 Å². The lowest BCUT2D eigenvalue weighted by Gasteiger charge is -2.22. The Morgan fingerprint density at radius 1 is 1.64 bits per heavy atom. The Labute approximate surface area is 85.4 Å². The van der Waals surface area contributed by atoms with Crippen LogP contribution >= 0.6 is 0 Å². The molecule has 0 aromatic heterocycles. The summed E-state index contributed by atoms with van der Waals surface area (Å²) in [6.07, 6.45) is 2.85. The first kappa shape index (κ1) is 11.1. The summed E-state index contributed by atoms with van der Waals surface area (Å²) < 4.78 is 0. The van der Waals surface area contributed by atoms with Gasteiger partial charge in [0.15, 0.2) is 0 Å². The molecule has 1 aliphatic rings. The molecule has 3 nitrogen and oxygen atoms in total. The Bertz CT molecular complexity index is 269. The van der Waals surface area contributed by atoms with Crippen molar-refractivity contribution in [2.24, 2.45) is 11.7 Å². The smallest absolute Gasteiger partial charge is 0.240 e. The molecule has 0 aromatic rings. The number of carbonyl (C=O) groups is 1. The van der Waals surface area contributed by atoms with Gasteiger partial charge in [-0.25, -0.2) is 0 Å². The first-order chi connectivity index (χ1) is 6.59. The highest BCUT2D eigenvalue weighted by Crippen LogP contribution is 2.37. The molecule has 78 valence electrons. The predicted octanol–water partition coefficient (Wildman–Crippen LogP) is 0.643. The van der Waals surface area contributed by atoms with Crippen LogP contribution in [0.4, 0.5) is 0 Å². The van der Waals surface area contributed by atoms with E-state index in [0.29, 0.717) is 18.9 Å². The second-order valence-electron chi connectivity index (χ2n) is 3.99. The van der Waals surface area contributed by atoms with E-state index in [1.54, 1.807) is 6.92 Å². The normalized spacial score (nSPS) is 19.1. The monoisotopic (exact) mass is 194 g/mol. The Morgan fingerprint density at radius 2 is 2.29 bits per heavy atom. The summed E-state index contributed by atoms with van der Waals surface area (Å²) in [7, 11) is 0. The average Bonchev–Trinajstić information content (AvgIpc) is 2.94. The van der Waals surface area contributed by atoms with Crippen LogP contribution in [0.3, 0.4) is 0 Å². The first-order valence-corrected chi connectivity index (χ1v) is 5.06. The number of hydrogen-bond acceptors (Lipinski definition) is 2. The van der Waals surface area contributed by atoms with Gasteiger partial charge in [0, 0.05) is 13.0 Å². The maximum absolute atomic E-state index is 11.6. The first-order valence-electron chi connectivity index (χ1n) is 5.06.